The van der Waals surface area contributed by atoms with E-state index in [1.165, 1.54) is 5.56 Å². The molecule has 2 heterocycles. The van der Waals surface area contributed by atoms with E-state index in [0.29, 0.717) is 12.5 Å². The minimum Gasteiger partial charge on any atom is -0.308 e. The van der Waals surface area contributed by atoms with Crippen molar-refractivity contribution in [1.29, 1.82) is 5.26 Å². The SMILES string of the molecule is CC(C)NC1(CC#N)CCN(Cc2ccc(-n3ccnc3)cc2)CC1. The van der Waals surface area contributed by atoms with E-state index in [-0.39, 0.29) is 5.54 Å². The van der Waals surface area contributed by atoms with Crippen LogP contribution in [0, 0.1) is 11.3 Å². The number of hydrogen-bond donors (Lipinski definition) is 1. The molecular formula is C20H27N5. The van der Waals surface area contributed by atoms with E-state index >= 15 is 0 Å². The number of benzene rings is 1. The van der Waals surface area contributed by atoms with Crippen LogP contribution in [-0.4, -0.2) is 39.1 Å². The van der Waals surface area contributed by atoms with Gasteiger partial charge in [0.15, 0.2) is 0 Å². The standard InChI is InChI=1S/C20H27N5/c1-17(2)23-20(7-10-21)8-12-24(13-9-20)15-18-3-5-19(6-4-18)25-14-11-22-16-25/h3-6,11,14,16-17,23H,7-9,12-13,15H2,1-2H3. The lowest BCUT2D eigenvalue weighted by Crippen LogP contribution is -2.55. The van der Waals surface area contributed by atoms with E-state index in [1.807, 2.05) is 17.1 Å². The molecule has 3 rings (SSSR count). The van der Waals surface area contributed by atoms with Crippen molar-refractivity contribution in [3.8, 4) is 11.8 Å². The third-order valence-electron chi connectivity index (χ3n) is 4.97. The molecule has 0 unspecified atom stereocenters. The van der Waals surface area contributed by atoms with Crippen LogP contribution in [0.3, 0.4) is 0 Å². The van der Waals surface area contributed by atoms with Gasteiger partial charge in [-0.15, -0.1) is 0 Å². The van der Waals surface area contributed by atoms with Gasteiger partial charge in [-0.2, -0.15) is 5.26 Å². The molecule has 1 fully saturated rings. The average molecular weight is 337 g/mol. The number of hydrogen-bond acceptors (Lipinski definition) is 4. The topological polar surface area (TPSA) is 56.9 Å². The molecule has 1 N–H and O–H groups in total. The molecule has 1 aromatic heterocycles. The first-order chi connectivity index (χ1) is 12.1. The van der Waals surface area contributed by atoms with Crippen molar-refractivity contribution in [2.45, 2.75) is 51.2 Å². The maximum atomic E-state index is 9.19. The normalized spacial score (nSPS) is 17.5. The van der Waals surface area contributed by atoms with Crippen molar-refractivity contribution in [2.75, 3.05) is 13.1 Å². The summed E-state index contributed by atoms with van der Waals surface area (Å²) in [5.74, 6) is 0. The Balaban J connectivity index is 1.57. The van der Waals surface area contributed by atoms with Crippen molar-refractivity contribution in [3.05, 3.63) is 48.5 Å². The highest BCUT2D eigenvalue weighted by Crippen LogP contribution is 2.27. The van der Waals surface area contributed by atoms with Gasteiger partial charge in [-0.25, -0.2) is 4.98 Å². The number of nitrogens with zero attached hydrogens (tertiary/aromatic N) is 4. The van der Waals surface area contributed by atoms with Crippen LogP contribution in [0.25, 0.3) is 5.69 Å². The van der Waals surface area contributed by atoms with E-state index < -0.39 is 0 Å². The van der Waals surface area contributed by atoms with Crippen molar-refractivity contribution < 1.29 is 0 Å². The van der Waals surface area contributed by atoms with E-state index in [1.54, 1.807) is 6.20 Å². The molecule has 0 atom stereocenters. The molecule has 0 aliphatic carbocycles. The van der Waals surface area contributed by atoms with E-state index in [2.05, 4.69) is 59.4 Å². The molecule has 5 nitrogen and oxygen atoms in total. The highest BCUT2D eigenvalue weighted by molar-refractivity contribution is 5.34. The Labute approximate surface area is 150 Å². The molecule has 0 amide bonds. The van der Waals surface area contributed by atoms with Gasteiger partial charge in [-0.3, -0.25) is 4.90 Å². The van der Waals surface area contributed by atoms with Gasteiger partial charge in [0.2, 0.25) is 0 Å². The number of imidazole rings is 1. The number of nitriles is 1. The van der Waals surface area contributed by atoms with Crippen LogP contribution in [0.5, 0.6) is 0 Å². The zero-order chi connectivity index (χ0) is 17.7. The van der Waals surface area contributed by atoms with Gasteiger partial charge in [0.25, 0.3) is 0 Å². The monoisotopic (exact) mass is 337 g/mol. The second-order valence-corrected chi connectivity index (χ2v) is 7.33. The lowest BCUT2D eigenvalue weighted by atomic mass is 9.84. The summed E-state index contributed by atoms with van der Waals surface area (Å²) in [6.07, 6.45) is 8.23. The van der Waals surface area contributed by atoms with E-state index in [4.69, 9.17) is 0 Å². The van der Waals surface area contributed by atoms with Crippen LogP contribution in [0.15, 0.2) is 43.0 Å². The highest BCUT2D eigenvalue weighted by atomic mass is 15.2. The summed E-state index contributed by atoms with van der Waals surface area (Å²) in [5.41, 5.74) is 2.45. The number of aromatic nitrogens is 2. The van der Waals surface area contributed by atoms with E-state index in [9.17, 15) is 5.26 Å². The van der Waals surface area contributed by atoms with E-state index in [0.717, 1.165) is 38.2 Å². The number of nitrogens with one attached hydrogen (secondary N) is 1. The fraction of sp³-hybridized carbons (Fsp3) is 0.500. The van der Waals surface area contributed by atoms with Crippen molar-refractivity contribution >= 4 is 0 Å². The van der Waals surface area contributed by atoms with Gasteiger partial charge < -0.3 is 9.88 Å². The third kappa shape index (κ3) is 4.47. The predicted molar refractivity (Wildman–Crippen MR) is 99.3 cm³/mol. The first kappa shape index (κ1) is 17.7. The summed E-state index contributed by atoms with van der Waals surface area (Å²) >= 11 is 0. The molecule has 1 aromatic carbocycles. The Kier molecular flexibility index (Phi) is 5.52. The molecule has 1 aliphatic heterocycles. The lowest BCUT2D eigenvalue weighted by Gasteiger charge is -2.42. The molecule has 0 bridgehead atoms. The smallest absolute Gasteiger partial charge is 0.0991 e. The predicted octanol–water partition coefficient (Wildman–Crippen LogP) is 3.12. The third-order valence-corrected chi connectivity index (χ3v) is 4.97. The number of likely N-dealkylation sites (tertiary alicyclic amines) is 1. The van der Waals surface area contributed by atoms with Gasteiger partial charge in [-0.1, -0.05) is 26.0 Å². The molecule has 0 radical (unpaired) electrons. The van der Waals surface area contributed by atoms with Gasteiger partial charge in [0.1, 0.15) is 0 Å². The fourth-order valence-corrected chi connectivity index (χ4v) is 3.72. The summed E-state index contributed by atoms with van der Waals surface area (Å²) in [6.45, 7) is 7.35. The Morgan fingerprint density at radius 3 is 2.52 bits per heavy atom. The Bertz CT molecular complexity index is 689. The number of rotatable bonds is 6. The highest BCUT2D eigenvalue weighted by Gasteiger charge is 2.34. The molecule has 2 aromatic rings. The minimum absolute atomic E-state index is 0.00923. The van der Waals surface area contributed by atoms with Crippen molar-refractivity contribution in [1.82, 2.24) is 19.8 Å². The van der Waals surface area contributed by atoms with Crippen LogP contribution in [0.4, 0.5) is 0 Å². The summed E-state index contributed by atoms with van der Waals surface area (Å²) in [4.78, 5) is 6.58. The average Bonchev–Trinajstić information content (AvgIpc) is 3.12. The zero-order valence-electron chi connectivity index (χ0n) is 15.2. The molecular weight excluding hydrogens is 310 g/mol. The van der Waals surface area contributed by atoms with Gasteiger partial charge in [0.05, 0.1) is 18.8 Å². The molecule has 25 heavy (non-hydrogen) atoms. The van der Waals surface area contributed by atoms with Gasteiger partial charge in [-0.05, 0) is 30.5 Å². The molecule has 5 heteroatoms. The Morgan fingerprint density at radius 2 is 1.96 bits per heavy atom. The first-order valence-electron chi connectivity index (χ1n) is 9.04. The van der Waals surface area contributed by atoms with Gasteiger partial charge >= 0.3 is 0 Å². The minimum atomic E-state index is -0.00923. The summed E-state index contributed by atoms with van der Waals surface area (Å²) < 4.78 is 2.01. The second kappa shape index (κ2) is 7.81. The van der Waals surface area contributed by atoms with Gasteiger partial charge in [0, 0.05) is 49.3 Å². The van der Waals surface area contributed by atoms with Crippen molar-refractivity contribution in [3.63, 3.8) is 0 Å². The van der Waals surface area contributed by atoms with Crippen LogP contribution in [0.2, 0.25) is 0 Å². The molecule has 132 valence electrons. The number of piperidine rings is 1. The summed E-state index contributed by atoms with van der Waals surface area (Å²) in [6, 6.07) is 11.5. The molecule has 1 aliphatic rings. The quantitative estimate of drug-likeness (QED) is 0.880. The molecule has 1 saturated heterocycles. The largest absolute Gasteiger partial charge is 0.308 e. The molecule has 0 spiro atoms. The summed E-state index contributed by atoms with van der Waals surface area (Å²) in [5, 5.41) is 12.8. The fourth-order valence-electron chi connectivity index (χ4n) is 3.72. The van der Waals surface area contributed by atoms with Crippen LogP contribution in [-0.2, 0) is 6.54 Å². The molecule has 0 saturated carbocycles. The van der Waals surface area contributed by atoms with Crippen molar-refractivity contribution in [2.24, 2.45) is 0 Å². The zero-order valence-corrected chi connectivity index (χ0v) is 15.2. The van der Waals surface area contributed by atoms with Crippen LogP contribution >= 0.6 is 0 Å². The Hall–Kier alpha value is -2.16. The summed E-state index contributed by atoms with van der Waals surface area (Å²) in [7, 11) is 0. The lowest BCUT2D eigenvalue weighted by molar-refractivity contribution is 0.125. The Morgan fingerprint density at radius 1 is 1.24 bits per heavy atom. The maximum absolute atomic E-state index is 9.19. The van der Waals surface area contributed by atoms with Crippen LogP contribution in [0.1, 0.15) is 38.7 Å². The second-order valence-electron chi connectivity index (χ2n) is 7.33. The first-order valence-corrected chi connectivity index (χ1v) is 9.04. The maximum Gasteiger partial charge on any atom is 0.0991 e. The van der Waals surface area contributed by atoms with Crippen LogP contribution < -0.4 is 5.32 Å².